The van der Waals surface area contributed by atoms with E-state index in [1.165, 1.54) is 0 Å². The fraction of sp³-hybridized carbons (Fsp3) is 0.143. The maximum Gasteiger partial charge on any atom is 0.0596 e. The molecule has 0 aliphatic carbocycles. The van der Waals surface area contributed by atoms with Crippen LogP contribution in [0.5, 0.6) is 0 Å². The third kappa shape index (κ3) is 3.67. The van der Waals surface area contributed by atoms with Gasteiger partial charge in [-0.3, -0.25) is 11.3 Å². The molecule has 6 heteroatoms. The highest BCUT2D eigenvalue weighted by Gasteiger charge is 2.17. The molecule has 0 aliphatic heterocycles. The molecule has 0 bridgehead atoms. The van der Waals surface area contributed by atoms with Crippen LogP contribution in [0.25, 0.3) is 0 Å². The molecule has 0 radical (unpaired) electrons. The summed E-state index contributed by atoms with van der Waals surface area (Å²) in [5.74, 6) is 5.66. The lowest BCUT2D eigenvalue weighted by atomic mass is 9.99. The Morgan fingerprint density at radius 2 is 1.90 bits per heavy atom. The van der Waals surface area contributed by atoms with E-state index in [0.717, 1.165) is 15.6 Å². The molecule has 106 valence electrons. The fourth-order valence-corrected chi connectivity index (χ4v) is 3.00. The first-order chi connectivity index (χ1) is 9.52. The van der Waals surface area contributed by atoms with E-state index in [-0.39, 0.29) is 6.04 Å². The van der Waals surface area contributed by atoms with Crippen molar-refractivity contribution < 1.29 is 0 Å². The van der Waals surface area contributed by atoms with Gasteiger partial charge < -0.3 is 0 Å². The van der Waals surface area contributed by atoms with E-state index in [4.69, 9.17) is 40.6 Å². The van der Waals surface area contributed by atoms with Gasteiger partial charge in [-0.2, -0.15) is 0 Å². The standard InChI is InChI=1S/C14H12BrCl3N2/c15-11-3-1-2-10(14(11)18)13(20-19)7-8-6-9(16)4-5-12(8)17/h1-6,13,20H,7,19H2. The van der Waals surface area contributed by atoms with Gasteiger partial charge in [0.15, 0.2) is 0 Å². The molecule has 0 aromatic heterocycles. The monoisotopic (exact) mass is 392 g/mol. The number of rotatable bonds is 4. The van der Waals surface area contributed by atoms with Crippen LogP contribution in [0, 0.1) is 0 Å². The van der Waals surface area contributed by atoms with Crippen molar-refractivity contribution in [2.75, 3.05) is 0 Å². The van der Waals surface area contributed by atoms with E-state index >= 15 is 0 Å². The highest BCUT2D eigenvalue weighted by Crippen LogP contribution is 2.33. The van der Waals surface area contributed by atoms with Gasteiger partial charge in [0, 0.05) is 14.5 Å². The van der Waals surface area contributed by atoms with Crippen molar-refractivity contribution in [1.29, 1.82) is 0 Å². The van der Waals surface area contributed by atoms with Gasteiger partial charge in [0.25, 0.3) is 0 Å². The average molecular weight is 395 g/mol. The third-order valence-corrected chi connectivity index (χ3v) is 4.90. The minimum absolute atomic E-state index is 0.157. The summed E-state index contributed by atoms with van der Waals surface area (Å²) in [5.41, 5.74) is 4.59. The molecule has 0 aliphatic rings. The Hall–Kier alpha value is -0.290. The van der Waals surface area contributed by atoms with Crippen LogP contribution in [-0.2, 0) is 6.42 Å². The zero-order chi connectivity index (χ0) is 14.7. The number of halogens is 4. The highest BCUT2D eigenvalue weighted by atomic mass is 79.9. The van der Waals surface area contributed by atoms with Gasteiger partial charge in [0.1, 0.15) is 0 Å². The Labute approximate surface area is 141 Å². The normalized spacial score (nSPS) is 12.4. The van der Waals surface area contributed by atoms with E-state index in [9.17, 15) is 0 Å². The Kier molecular flexibility index (Phi) is 5.73. The summed E-state index contributed by atoms with van der Waals surface area (Å²) < 4.78 is 0.828. The Morgan fingerprint density at radius 1 is 1.15 bits per heavy atom. The third-order valence-electron chi connectivity index (χ3n) is 2.99. The molecule has 0 saturated heterocycles. The van der Waals surface area contributed by atoms with Gasteiger partial charge in [0.05, 0.1) is 11.1 Å². The second-order valence-corrected chi connectivity index (χ2v) is 6.38. The maximum absolute atomic E-state index is 6.30. The quantitative estimate of drug-likeness (QED) is 0.555. The Bertz CT molecular complexity index is 619. The average Bonchev–Trinajstić information content (AvgIpc) is 2.43. The van der Waals surface area contributed by atoms with Crippen molar-refractivity contribution in [2.45, 2.75) is 12.5 Å². The van der Waals surface area contributed by atoms with Crippen LogP contribution in [0.1, 0.15) is 17.2 Å². The molecule has 2 nitrogen and oxygen atoms in total. The van der Waals surface area contributed by atoms with Crippen molar-refractivity contribution >= 4 is 50.7 Å². The SMILES string of the molecule is NNC(Cc1cc(Cl)ccc1Cl)c1cccc(Br)c1Cl. The fourth-order valence-electron chi connectivity index (χ4n) is 1.97. The van der Waals surface area contributed by atoms with Gasteiger partial charge in [-0.1, -0.05) is 46.9 Å². The predicted molar refractivity (Wildman–Crippen MR) is 89.4 cm³/mol. The molecule has 3 N–H and O–H groups in total. The van der Waals surface area contributed by atoms with Crippen LogP contribution in [0.15, 0.2) is 40.9 Å². The zero-order valence-corrected chi connectivity index (χ0v) is 14.2. The van der Waals surface area contributed by atoms with Crippen molar-refractivity contribution in [1.82, 2.24) is 5.43 Å². The molecular formula is C14H12BrCl3N2. The van der Waals surface area contributed by atoms with Gasteiger partial charge in [-0.05, 0) is 57.7 Å². The molecule has 0 heterocycles. The molecule has 0 fully saturated rings. The van der Waals surface area contributed by atoms with E-state index < -0.39 is 0 Å². The second kappa shape index (κ2) is 7.12. The second-order valence-electron chi connectivity index (χ2n) is 4.30. The molecule has 0 saturated carbocycles. The van der Waals surface area contributed by atoms with Gasteiger partial charge in [-0.15, -0.1) is 0 Å². The first kappa shape index (κ1) is 16.1. The summed E-state index contributed by atoms with van der Waals surface area (Å²) in [7, 11) is 0. The first-order valence-corrected chi connectivity index (χ1v) is 7.79. The number of hydrazine groups is 1. The van der Waals surface area contributed by atoms with Gasteiger partial charge in [-0.25, -0.2) is 0 Å². The molecule has 0 amide bonds. The smallest absolute Gasteiger partial charge is 0.0596 e. The van der Waals surface area contributed by atoms with E-state index in [1.54, 1.807) is 12.1 Å². The summed E-state index contributed by atoms with van der Waals surface area (Å²) in [6.07, 6.45) is 0.589. The van der Waals surface area contributed by atoms with Crippen LogP contribution in [0.4, 0.5) is 0 Å². The van der Waals surface area contributed by atoms with Gasteiger partial charge in [0.2, 0.25) is 0 Å². The zero-order valence-electron chi connectivity index (χ0n) is 10.3. The summed E-state index contributed by atoms with van der Waals surface area (Å²) >= 11 is 21.9. The topological polar surface area (TPSA) is 38.0 Å². The number of nitrogens with two attached hydrogens (primary N) is 1. The molecule has 1 unspecified atom stereocenters. The Balaban J connectivity index is 2.34. The summed E-state index contributed by atoms with van der Waals surface area (Å²) in [6, 6.07) is 10.9. The number of nitrogens with one attached hydrogen (secondary N) is 1. The number of benzene rings is 2. The molecule has 2 aromatic rings. The Morgan fingerprint density at radius 3 is 2.60 bits per heavy atom. The first-order valence-electron chi connectivity index (χ1n) is 5.87. The number of hydrogen-bond acceptors (Lipinski definition) is 2. The maximum atomic E-state index is 6.30. The van der Waals surface area contributed by atoms with Crippen molar-refractivity contribution in [3.63, 3.8) is 0 Å². The molecular weight excluding hydrogens is 382 g/mol. The van der Waals surface area contributed by atoms with Crippen molar-refractivity contribution in [2.24, 2.45) is 5.84 Å². The predicted octanol–water partition coefficient (Wildman–Crippen LogP) is 5.16. The minimum atomic E-state index is -0.157. The summed E-state index contributed by atoms with van der Waals surface area (Å²) in [4.78, 5) is 0. The van der Waals surface area contributed by atoms with Crippen molar-refractivity contribution in [3.8, 4) is 0 Å². The van der Waals surface area contributed by atoms with E-state index in [2.05, 4.69) is 21.4 Å². The summed E-state index contributed by atoms with van der Waals surface area (Å²) in [5, 5.41) is 1.93. The molecule has 2 rings (SSSR count). The lowest BCUT2D eigenvalue weighted by Gasteiger charge is -2.19. The van der Waals surface area contributed by atoms with Crippen LogP contribution >= 0.6 is 50.7 Å². The van der Waals surface area contributed by atoms with Crippen LogP contribution in [0.2, 0.25) is 15.1 Å². The van der Waals surface area contributed by atoms with E-state index in [0.29, 0.717) is 21.5 Å². The van der Waals surface area contributed by atoms with Crippen LogP contribution < -0.4 is 11.3 Å². The van der Waals surface area contributed by atoms with E-state index in [1.807, 2.05) is 24.3 Å². The molecule has 1 atom stereocenters. The molecule has 2 aromatic carbocycles. The molecule has 0 spiro atoms. The number of hydrogen-bond donors (Lipinski definition) is 2. The van der Waals surface area contributed by atoms with Crippen LogP contribution in [0.3, 0.4) is 0 Å². The summed E-state index contributed by atoms with van der Waals surface area (Å²) in [6.45, 7) is 0. The minimum Gasteiger partial charge on any atom is -0.271 e. The van der Waals surface area contributed by atoms with Gasteiger partial charge >= 0.3 is 0 Å². The lowest BCUT2D eigenvalue weighted by Crippen LogP contribution is -2.30. The lowest BCUT2D eigenvalue weighted by molar-refractivity contribution is 0.552. The largest absolute Gasteiger partial charge is 0.271 e. The molecule has 20 heavy (non-hydrogen) atoms. The van der Waals surface area contributed by atoms with Crippen molar-refractivity contribution in [3.05, 3.63) is 67.1 Å². The highest BCUT2D eigenvalue weighted by molar-refractivity contribution is 9.10. The van der Waals surface area contributed by atoms with Crippen LogP contribution in [-0.4, -0.2) is 0 Å².